The largest absolute Gasteiger partial charge is 0.466 e. The molecule has 1 aromatic carbocycles. The second-order valence-corrected chi connectivity index (χ2v) is 7.00. The van der Waals surface area contributed by atoms with E-state index in [0.29, 0.717) is 23.1 Å². The number of methoxy groups -OCH3 is 1. The van der Waals surface area contributed by atoms with Gasteiger partial charge in [0, 0.05) is 23.6 Å². The molecule has 136 valence electrons. The number of benzene rings is 1. The number of nitrogens with zero attached hydrogens (tertiary/aromatic N) is 1. The fourth-order valence-electron chi connectivity index (χ4n) is 2.81. The molecule has 0 saturated carbocycles. The Hall–Kier alpha value is -2.44. The second-order valence-electron chi connectivity index (χ2n) is 6.15. The molecule has 0 unspecified atom stereocenters. The van der Waals surface area contributed by atoms with Crippen molar-refractivity contribution in [3.8, 4) is 11.3 Å². The van der Waals surface area contributed by atoms with Gasteiger partial charge in [-0.15, -0.1) is 11.3 Å². The number of furan rings is 1. The summed E-state index contributed by atoms with van der Waals surface area (Å²) >= 11 is 1.41. The van der Waals surface area contributed by atoms with Gasteiger partial charge >= 0.3 is 0 Å². The van der Waals surface area contributed by atoms with Crippen molar-refractivity contribution < 1.29 is 13.9 Å². The van der Waals surface area contributed by atoms with E-state index in [2.05, 4.69) is 22.4 Å². The molecular formula is C20H22N2O3S. The third-order valence-electron chi connectivity index (χ3n) is 4.36. The number of thiazole rings is 1. The number of aryl methyl sites for hydroxylation is 2. The van der Waals surface area contributed by atoms with Crippen molar-refractivity contribution in [2.75, 3.05) is 19.0 Å². The minimum atomic E-state index is -0.187. The standard InChI is InChI=1S/C20H22N2O3S/c1-12-13(2)25-14(3)18(12)19(23)22-20-21-17(11-26-20)16-7-5-15(6-8-16)9-10-24-4/h5-8,11H,9-10H2,1-4H3,(H,21,22,23). The zero-order chi connectivity index (χ0) is 18.7. The molecule has 0 atom stereocenters. The normalized spacial score (nSPS) is 10.9. The van der Waals surface area contributed by atoms with Crippen LogP contribution in [-0.4, -0.2) is 24.6 Å². The smallest absolute Gasteiger partial charge is 0.261 e. The number of nitrogens with one attached hydrogen (secondary N) is 1. The van der Waals surface area contributed by atoms with E-state index in [1.165, 1.54) is 16.9 Å². The van der Waals surface area contributed by atoms with Crippen LogP contribution in [0.15, 0.2) is 34.1 Å². The average molecular weight is 370 g/mol. The Kier molecular flexibility index (Phi) is 5.54. The highest BCUT2D eigenvalue weighted by Crippen LogP contribution is 2.27. The number of ether oxygens (including phenoxy) is 1. The molecule has 0 aliphatic rings. The summed E-state index contributed by atoms with van der Waals surface area (Å²) in [5.41, 5.74) is 4.54. The maximum atomic E-state index is 12.5. The zero-order valence-electron chi connectivity index (χ0n) is 15.4. The topological polar surface area (TPSA) is 64.4 Å². The molecule has 3 rings (SSSR count). The lowest BCUT2D eigenvalue weighted by atomic mass is 10.1. The van der Waals surface area contributed by atoms with Gasteiger partial charge in [-0.1, -0.05) is 24.3 Å². The summed E-state index contributed by atoms with van der Waals surface area (Å²) in [7, 11) is 1.70. The predicted octanol–water partition coefficient (Wildman–Crippen LogP) is 4.77. The van der Waals surface area contributed by atoms with Crippen LogP contribution in [0.3, 0.4) is 0 Å². The van der Waals surface area contributed by atoms with E-state index in [9.17, 15) is 4.79 Å². The van der Waals surface area contributed by atoms with E-state index in [-0.39, 0.29) is 5.91 Å². The predicted molar refractivity (Wildman–Crippen MR) is 104 cm³/mol. The van der Waals surface area contributed by atoms with Crippen LogP contribution in [0.4, 0.5) is 5.13 Å². The number of anilines is 1. The van der Waals surface area contributed by atoms with Gasteiger partial charge in [-0.25, -0.2) is 4.98 Å². The number of hydrogen-bond donors (Lipinski definition) is 1. The summed E-state index contributed by atoms with van der Waals surface area (Å²) in [4.78, 5) is 17.1. The highest BCUT2D eigenvalue weighted by atomic mass is 32.1. The molecule has 0 spiro atoms. The van der Waals surface area contributed by atoms with Gasteiger partial charge in [0.1, 0.15) is 11.5 Å². The molecule has 6 heteroatoms. The van der Waals surface area contributed by atoms with Gasteiger partial charge < -0.3 is 9.15 Å². The van der Waals surface area contributed by atoms with E-state index >= 15 is 0 Å². The molecule has 1 N–H and O–H groups in total. The van der Waals surface area contributed by atoms with Crippen molar-refractivity contribution in [3.05, 3.63) is 57.9 Å². The molecule has 2 aromatic heterocycles. The van der Waals surface area contributed by atoms with E-state index in [1.807, 2.05) is 31.4 Å². The Morgan fingerprint density at radius 1 is 1.19 bits per heavy atom. The number of hydrogen-bond acceptors (Lipinski definition) is 5. The molecule has 26 heavy (non-hydrogen) atoms. The number of carbonyl (C=O) groups is 1. The molecule has 0 saturated heterocycles. The first-order valence-corrected chi connectivity index (χ1v) is 9.29. The Morgan fingerprint density at radius 3 is 2.54 bits per heavy atom. The third-order valence-corrected chi connectivity index (χ3v) is 5.12. The lowest BCUT2D eigenvalue weighted by molar-refractivity contribution is 0.102. The Balaban J connectivity index is 1.72. The molecule has 1 amide bonds. The van der Waals surface area contributed by atoms with Crippen LogP contribution in [-0.2, 0) is 11.2 Å². The number of carbonyl (C=O) groups excluding carboxylic acids is 1. The van der Waals surface area contributed by atoms with E-state index in [1.54, 1.807) is 14.0 Å². The summed E-state index contributed by atoms with van der Waals surface area (Å²) in [5, 5.41) is 5.39. The zero-order valence-corrected chi connectivity index (χ0v) is 16.2. The van der Waals surface area contributed by atoms with Crippen LogP contribution in [0.2, 0.25) is 0 Å². The number of rotatable bonds is 6. The molecule has 0 aliphatic carbocycles. The summed E-state index contributed by atoms with van der Waals surface area (Å²) in [6.45, 7) is 6.25. The Bertz CT molecular complexity index is 910. The third kappa shape index (κ3) is 3.86. The van der Waals surface area contributed by atoms with E-state index < -0.39 is 0 Å². The van der Waals surface area contributed by atoms with Crippen molar-refractivity contribution in [1.29, 1.82) is 0 Å². The molecule has 0 bridgehead atoms. The van der Waals surface area contributed by atoms with Crippen molar-refractivity contribution >= 4 is 22.4 Å². The first-order chi connectivity index (χ1) is 12.5. The summed E-state index contributed by atoms with van der Waals surface area (Å²) in [5.74, 6) is 1.20. The lowest BCUT2D eigenvalue weighted by Crippen LogP contribution is -2.13. The highest BCUT2D eigenvalue weighted by Gasteiger charge is 2.19. The molecule has 2 heterocycles. The number of amides is 1. The van der Waals surface area contributed by atoms with Crippen LogP contribution < -0.4 is 5.32 Å². The van der Waals surface area contributed by atoms with Gasteiger partial charge in [0.2, 0.25) is 0 Å². The van der Waals surface area contributed by atoms with Crippen molar-refractivity contribution in [3.63, 3.8) is 0 Å². The summed E-state index contributed by atoms with van der Waals surface area (Å²) < 4.78 is 10.6. The van der Waals surface area contributed by atoms with Crippen LogP contribution in [0.1, 0.15) is 33.0 Å². The average Bonchev–Trinajstić information content (AvgIpc) is 3.18. The maximum Gasteiger partial charge on any atom is 0.261 e. The first-order valence-electron chi connectivity index (χ1n) is 8.41. The fourth-order valence-corrected chi connectivity index (χ4v) is 3.53. The second kappa shape index (κ2) is 7.85. The van der Waals surface area contributed by atoms with Crippen LogP contribution in [0, 0.1) is 20.8 Å². The van der Waals surface area contributed by atoms with Gasteiger partial charge in [-0.2, -0.15) is 0 Å². The van der Waals surface area contributed by atoms with Gasteiger partial charge in [-0.3, -0.25) is 10.1 Å². The van der Waals surface area contributed by atoms with Crippen molar-refractivity contribution in [2.24, 2.45) is 0 Å². The Morgan fingerprint density at radius 2 is 1.92 bits per heavy atom. The van der Waals surface area contributed by atoms with Gasteiger partial charge in [0.15, 0.2) is 5.13 Å². The van der Waals surface area contributed by atoms with Crippen molar-refractivity contribution in [2.45, 2.75) is 27.2 Å². The van der Waals surface area contributed by atoms with Gasteiger partial charge in [0.25, 0.3) is 5.91 Å². The minimum absolute atomic E-state index is 0.187. The number of aromatic nitrogens is 1. The van der Waals surface area contributed by atoms with E-state index in [4.69, 9.17) is 9.15 Å². The summed E-state index contributed by atoms with van der Waals surface area (Å²) in [6, 6.07) is 8.23. The Labute approximate surface area is 157 Å². The first kappa shape index (κ1) is 18.4. The van der Waals surface area contributed by atoms with Gasteiger partial charge in [0.05, 0.1) is 17.9 Å². The monoisotopic (exact) mass is 370 g/mol. The molecule has 5 nitrogen and oxygen atoms in total. The van der Waals surface area contributed by atoms with E-state index in [0.717, 1.165) is 29.0 Å². The van der Waals surface area contributed by atoms with Gasteiger partial charge in [-0.05, 0) is 32.8 Å². The highest BCUT2D eigenvalue weighted by molar-refractivity contribution is 7.14. The molecule has 0 radical (unpaired) electrons. The van der Waals surface area contributed by atoms with Crippen molar-refractivity contribution in [1.82, 2.24) is 4.98 Å². The lowest BCUT2D eigenvalue weighted by Gasteiger charge is -2.03. The van der Waals surface area contributed by atoms with Crippen LogP contribution in [0.25, 0.3) is 11.3 Å². The SMILES string of the molecule is COCCc1ccc(-c2csc(NC(=O)c3c(C)oc(C)c3C)n2)cc1. The summed E-state index contributed by atoms with van der Waals surface area (Å²) in [6.07, 6.45) is 0.887. The molecule has 3 aromatic rings. The molecule has 0 aliphatic heterocycles. The maximum absolute atomic E-state index is 12.5. The quantitative estimate of drug-likeness (QED) is 0.679. The minimum Gasteiger partial charge on any atom is -0.466 e. The molecule has 0 fully saturated rings. The molecular weight excluding hydrogens is 348 g/mol. The van der Waals surface area contributed by atoms with Crippen LogP contribution in [0.5, 0.6) is 0 Å². The fraction of sp³-hybridized carbons (Fsp3) is 0.300. The van der Waals surface area contributed by atoms with Crippen LogP contribution >= 0.6 is 11.3 Å².